The Hall–Kier alpha value is -0.150. The Morgan fingerprint density at radius 1 is 1.17 bits per heavy atom. The van der Waals surface area contributed by atoms with Gasteiger partial charge in [0.05, 0.1) is 4.88 Å². The van der Waals surface area contributed by atoms with Crippen molar-refractivity contribution in [3.63, 3.8) is 0 Å². The zero-order chi connectivity index (χ0) is 13.4. The number of ketones is 1. The van der Waals surface area contributed by atoms with Gasteiger partial charge in [-0.1, -0.05) is 45.4 Å². The van der Waals surface area contributed by atoms with Crippen LogP contribution < -0.4 is 0 Å². The molecule has 0 amide bonds. The highest BCUT2D eigenvalue weighted by molar-refractivity contribution is 9.10. The number of rotatable bonds is 9. The summed E-state index contributed by atoms with van der Waals surface area (Å²) in [4.78, 5) is 14.0. The summed E-state index contributed by atoms with van der Waals surface area (Å²) >= 11 is 5.06. The van der Waals surface area contributed by atoms with Crippen LogP contribution >= 0.6 is 27.3 Å². The van der Waals surface area contributed by atoms with Crippen LogP contribution in [0.2, 0.25) is 0 Å². The maximum atomic E-state index is 11.9. The third kappa shape index (κ3) is 5.66. The molecule has 0 unspecified atom stereocenters. The highest BCUT2D eigenvalue weighted by Gasteiger charge is 2.10. The third-order valence-electron chi connectivity index (χ3n) is 3.14. The van der Waals surface area contributed by atoms with Gasteiger partial charge in [-0.15, -0.1) is 11.3 Å². The van der Waals surface area contributed by atoms with Crippen LogP contribution in [0.5, 0.6) is 0 Å². The van der Waals surface area contributed by atoms with E-state index >= 15 is 0 Å². The number of hydrogen-bond acceptors (Lipinski definition) is 2. The Morgan fingerprint density at radius 3 is 2.33 bits per heavy atom. The minimum atomic E-state index is 0.308. The van der Waals surface area contributed by atoms with E-state index in [1.54, 1.807) is 11.3 Å². The van der Waals surface area contributed by atoms with E-state index in [4.69, 9.17) is 0 Å². The van der Waals surface area contributed by atoms with Gasteiger partial charge in [0.2, 0.25) is 0 Å². The van der Waals surface area contributed by atoms with Gasteiger partial charge in [0.1, 0.15) is 0 Å². The predicted molar refractivity (Wildman–Crippen MR) is 83.7 cm³/mol. The Morgan fingerprint density at radius 2 is 1.78 bits per heavy atom. The number of carbonyl (C=O) groups excluding carboxylic acids is 1. The quantitative estimate of drug-likeness (QED) is 0.392. The van der Waals surface area contributed by atoms with E-state index in [1.165, 1.54) is 43.4 Å². The zero-order valence-corrected chi connectivity index (χ0v) is 13.8. The lowest BCUT2D eigenvalue weighted by molar-refractivity contribution is 0.0983. The first-order valence-electron chi connectivity index (χ1n) is 6.94. The molecule has 1 aromatic heterocycles. The van der Waals surface area contributed by atoms with Gasteiger partial charge in [-0.3, -0.25) is 4.79 Å². The number of Topliss-reactive ketones (excluding diaryl/α,β-unsaturated/α-hetero) is 1. The molecule has 1 nitrogen and oxygen atoms in total. The molecule has 1 heterocycles. The lowest BCUT2D eigenvalue weighted by atomic mass is 10.1. The number of halogens is 1. The molecular formula is C15H23BrOS. The van der Waals surface area contributed by atoms with Gasteiger partial charge in [-0.05, 0) is 35.3 Å². The summed E-state index contributed by atoms with van der Waals surface area (Å²) in [6.45, 7) is 4.28. The highest BCUT2D eigenvalue weighted by Crippen LogP contribution is 2.27. The second kappa shape index (κ2) is 8.87. The normalized spacial score (nSPS) is 10.8. The van der Waals surface area contributed by atoms with Crippen LogP contribution in [0.3, 0.4) is 0 Å². The van der Waals surface area contributed by atoms with E-state index < -0.39 is 0 Å². The Balaban J connectivity index is 2.14. The summed E-state index contributed by atoms with van der Waals surface area (Å²) in [6.07, 6.45) is 9.54. The van der Waals surface area contributed by atoms with Gasteiger partial charge in [-0.25, -0.2) is 0 Å². The molecule has 1 aromatic rings. The molecule has 0 atom stereocenters. The first-order chi connectivity index (χ1) is 8.65. The molecule has 0 N–H and O–H groups in total. The summed E-state index contributed by atoms with van der Waals surface area (Å²) in [5.74, 6) is 0.308. The van der Waals surface area contributed by atoms with E-state index in [-0.39, 0.29) is 0 Å². The number of unbranched alkanes of at least 4 members (excludes halogenated alkanes) is 6. The molecule has 0 fully saturated rings. The van der Waals surface area contributed by atoms with Crippen molar-refractivity contribution in [2.75, 3.05) is 0 Å². The van der Waals surface area contributed by atoms with E-state index in [1.807, 2.05) is 13.0 Å². The van der Waals surface area contributed by atoms with Crippen LogP contribution in [0.25, 0.3) is 0 Å². The summed E-state index contributed by atoms with van der Waals surface area (Å²) in [5.41, 5.74) is 0. The fourth-order valence-electron chi connectivity index (χ4n) is 1.96. The van der Waals surface area contributed by atoms with Crippen LogP contribution in [-0.2, 0) is 0 Å². The monoisotopic (exact) mass is 330 g/mol. The zero-order valence-electron chi connectivity index (χ0n) is 11.4. The minimum absolute atomic E-state index is 0.308. The van der Waals surface area contributed by atoms with Gasteiger partial charge in [0, 0.05) is 15.8 Å². The molecule has 0 aliphatic rings. The molecule has 102 valence electrons. The molecule has 0 aliphatic carbocycles. The molecule has 0 aliphatic heterocycles. The molecule has 1 rings (SSSR count). The first kappa shape index (κ1) is 15.9. The molecule has 0 saturated heterocycles. The second-order valence-electron chi connectivity index (χ2n) is 4.81. The average Bonchev–Trinajstić information content (AvgIpc) is 2.68. The minimum Gasteiger partial charge on any atom is -0.293 e. The summed E-state index contributed by atoms with van der Waals surface area (Å²) in [7, 11) is 0. The highest BCUT2D eigenvalue weighted by atomic mass is 79.9. The number of thiophene rings is 1. The standard InChI is InChI=1S/C15H23BrOS/c1-3-4-5-6-7-8-9-10-14(17)15-11-13(16)12(2)18-15/h11H,3-10H2,1-2H3. The van der Waals surface area contributed by atoms with Crippen LogP contribution in [-0.4, -0.2) is 5.78 Å². The van der Waals surface area contributed by atoms with Crippen molar-refractivity contribution >= 4 is 33.0 Å². The number of aryl methyl sites for hydroxylation is 1. The maximum Gasteiger partial charge on any atom is 0.172 e. The van der Waals surface area contributed by atoms with Crippen molar-refractivity contribution in [3.8, 4) is 0 Å². The molecule has 3 heteroatoms. The van der Waals surface area contributed by atoms with Gasteiger partial charge in [0.15, 0.2) is 5.78 Å². The second-order valence-corrected chi connectivity index (χ2v) is 6.92. The van der Waals surface area contributed by atoms with E-state index in [0.29, 0.717) is 12.2 Å². The van der Waals surface area contributed by atoms with Crippen molar-refractivity contribution in [1.82, 2.24) is 0 Å². The van der Waals surface area contributed by atoms with Crippen molar-refractivity contribution in [2.24, 2.45) is 0 Å². The maximum absolute atomic E-state index is 11.9. The Labute approximate surface area is 123 Å². The summed E-state index contributed by atoms with van der Waals surface area (Å²) in [5, 5.41) is 0. The average molecular weight is 331 g/mol. The first-order valence-corrected chi connectivity index (χ1v) is 8.55. The largest absolute Gasteiger partial charge is 0.293 e. The molecule has 0 spiro atoms. The van der Waals surface area contributed by atoms with Gasteiger partial charge in [-0.2, -0.15) is 0 Å². The fourth-order valence-corrected chi connectivity index (χ4v) is 3.47. The van der Waals surface area contributed by atoms with Crippen molar-refractivity contribution in [3.05, 3.63) is 20.3 Å². The number of hydrogen-bond donors (Lipinski definition) is 0. The molecule has 0 saturated carbocycles. The third-order valence-corrected chi connectivity index (χ3v) is 5.32. The van der Waals surface area contributed by atoms with Crippen molar-refractivity contribution in [2.45, 2.75) is 65.2 Å². The van der Waals surface area contributed by atoms with Crippen LogP contribution in [0, 0.1) is 6.92 Å². The molecular weight excluding hydrogens is 308 g/mol. The smallest absolute Gasteiger partial charge is 0.172 e. The van der Waals surface area contributed by atoms with Gasteiger partial charge in [0.25, 0.3) is 0 Å². The Kier molecular flexibility index (Phi) is 7.84. The number of carbonyl (C=O) groups is 1. The lowest BCUT2D eigenvalue weighted by Gasteiger charge is -2.00. The fraction of sp³-hybridized carbons (Fsp3) is 0.667. The van der Waals surface area contributed by atoms with Crippen LogP contribution in [0.15, 0.2) is 10.5 Å². The van der Waals surface area contributed by atoms with Gasteiger partial charge >= 0.3 is 0 Å². The van der Waals surface area contributed by atoms with E-state index in [0.717, 1.165) is 15.8 Å². The van der Waals surface area contributed by atoms with Crippen LogP contribution in [0.1, 0.15) is 72.8 Å². The van der Waals surface area contributed by atoms with Crippen molar-refractivity contribution < 1.29 is 4.79 Å². The van der Waals surface area contributed by atoms with Gasteiger partial charge < -0.3 is 0 Å². The molecule has 0 aromatic carbocycles. The molecule has 0 bridgehead atoms. The Bertz CT molecular complexity index is 351. The summed E-state index contributed by atoms with van der Waals surface area (Å²) in [6, 6.07) is 1.96. The summed E-state index contributed by atoms with van der Waals surface area (Å²) < 4.78 is 1.07. The SMILES string of the molecule is CCCCCCCCCC(=O)c1cc(Br)c(C)s1. The predicted octanol–water partition coefficient (Wildman–Crippen LogP) is 6.14. The molecule has 0 radical (unpaired) electrons. The topological polar surface area (TPSA) is 17.1 Å². The molecule has 18 heavy (non-hydrogen) atoms. The van der Waals surface area contributed by atoms with E-state index in [2.05, 4.69) is 22.9 Å². The van der Waals surface area contributed by atoms with Crippen LogP contribution in [0.4, 0.5) is 0 Å². The lowest BCUT2D eigenvalue weighted by Crippen LogP contribution is -1.95. The van der Waals surface area contributed by atoms with E-state index in [9.17, 15) is 4.79 Å². The van der Waals surface area contributed by atoms with Crippen molar-refractivity contribution in [1.29, 1.82) is 0 Å².